The van der Waals surface area contributed by atoms with Crippen LogP contribution in [0.5, 0.6) is 0 Å². The second-order valence-electron chi connectivity index (χ2n) is 4.38. The molecular formula is C11H22N2O2. The first-order valence-electron chi connectivity index (χ1n) is 5.73. The summed E-state index contributed by atoms with van der Waals surface area (Å²) in [7, 11) is 3.66. The maximum absolute atomic E-state index is 11.3. The van der Waals surface area contributed by atoms with Crippen LogP contribution < -0.4 is 5.43 Å². The van der Waals surface area contributed by atoms with Crippen LogP contribution in [0.1, 0.15) is 32.1 Å². The zero-order valence-corrected chi connectivity index (χ0v) is 9.79. The number of hydrazine groups is 1. The number of nitrogens with zero attached hydrogens (tertiary/aromatic N) is 1. The van der Waals surface area contributed by atoms with Gasteiger partial charge in [0.25, 0.3) is 0 Å². The van der Waals surface area contributed by atoms with Gasteiger partial charge in [-0.1, -0.05) is 0 Å². The molecule has 0 aromatic heterocycles. The van der Waals surface area contributed by atoms with Crippen molar-refractivity contribution in [1.82, 2.24) is 10.4 Å². The van der Waals surface area contributed by atoms with E-state index in [-0.39, 0.29) is 5.91 Å². The number of rotatable bonds is 5. The minimum Gasteiger partial charge on any atom is -0.381 e. The molecule has 0 atom stereocenters. The molecule has 0 aromatic carbocycles. The van der Waals surface area contributed by atoms with Gasteiger partial charge in [0, 0.05) is 33.7 Å². The summed E-state index contributed by atoms with van der Waals surface area (Å²) in [5.74, 6) is 0.887. The van der Waals surface area contributed by atoms with Gasteiger partial charge < -0.3 is 4.74 Å². The summed E-state index contributed by atoms with van der Waals surface area (Å²) in [5, 5.41) is 1.69. The topological polar surface area (TPSA) is 41.6 Å². The number of nitrogens with one attached hydrogen (secondary N) is 1. The van der Waals surface area contributed by atoms with E-state index < -0.39 is 0 Å². The lowest BCUT2D eigenvalue weighted by atomic mass is 9.94. The molecule has 0 aromatic rings. The van der Waals surface area contributed by atoms with E-state index in [1.54, 1.807) is 5.01 Å². The standard InChI is InChI=1S/C11H22N2O2/c1-13(2)12-11(14)5-3-4-10-6-8-15-9-7-10/h10H,3-9H2,1-2H3,(H,12,14). The van der Waals surface area contributed by atoms with Crippen LogP contribution in [0.15, 0.2) is 0 Å². The lowest BCUT2D eigenvalue weighted by Gasteiger charge is -2.21. The molecule has 15 heavy (non-hydrogen) atoms. The molecule has 88 valence electrons. The first kappa shape index (κ1) is 12.5. The molecular weight excluding hydrogens is 192 g/mol. The number of carbonyl (C=O) groups excluding carboxylic acids is 1. The molecule has 1 heterocycles. The van der Waals surface area contributed by atoms with Gasteiger partial charge in [-0.05, 0) is 31.6 Å². The van der Waals surface area contributed by atoms with Crippen LogP contribution in [0.3, 0.4) is 0 Å². The van der Waals surface area contributed by atoms with Gasteiger partial charge in [-0.2, -0.15) is 0 Å². The first-order valence-corrected chi connectivity index (χ1v) is 5.73. The lowest BCUT2D eigenvalue weighted by molar-refractivity contribution is -0.125. The average molecular weight is 214 g/mol. The predicted octanol–water partition coefficient (Wildman–Crippen LogP) is 1.18. The van der Waals surface area contributed by atoms with Crippen LogP contribution in [0.2, 0.25) is 0 Å². The molecule has 1 rings (SSSR count). The maximum atomic E-state index is 11.3. The summed E-state index contributed by atoms with van der Waals surface area (Å²) >= 11 is 0. The highest BCUT2D eigenvalue weighted by atomic mass is 16.5. The van der Waals surface area contributed by atoms with Crippen molar-refractivity contribution in [3.05, 3.63) is 0 Å². The number of amides is 1. The van der Waals surface area contributed by atoms with E-state index >= 15 is 0 Å². The molecule has 0 aliphatic carbocycles. The van der Waals surface area contributed by atoms with Crippen LogP contribution in [0.4, 0.5) is 0 Å². The lowest BCUT2D eigenvalue weighted by Crippen LogP contribution is -2.35. The third-order valence-corrected chi connectivity index (χ3v) is 2.71. The van der Waals surface area contributed by atoms with Crippen molar-refractivity contribution in [2.24, 2.45) is 5.92 Å². The summed E-state index contributed by atoms with van der Waals surface area (Å²) in [6.45, 7) is 1.79. The third kappa shape index (κ3) is 5.74. The van der Waals surface area contributed by atoms with E-state index in [0.717, 1.165) is 44.8 Å². The van der Waals surface area contributed by atoms with E-state index in [2.05, 4.69) is 5.43 Å². The molecule has 4 nitrogen and oxygen atoms in total. The van der Waals surface area contributed by atoms with Gasteiger partial charge in [-0.3, -0.25) is 10.2 Å². The van der Waals surface area contributed by atoms with Gasteiger partial charge in [0.2, 0.25) is 5.91 Å². The number of hydrogen-bond donors (Lipinski definition) is 1. The molecule has 4 heteroatoms. The molecule has 1 fully saturated rings. The molecule has 0 saturated carbocycles. The van der Waals surface area contributed by atoms with E-state index in [1.165, 1.54) is 0 Å². The van der Waals surface area contributed by atoms with E-state index in [4.69, 9.17) is 4.74 Å². The molecule has 1 amide bonds. The summed E-state index contributed by atoms with van der Waals surface area (Å²) in [6.07, 6.45) is 5.11. The van der Waals surface area contributed by atoms with Crippen molar-refractivity contribution in [3.8, 4) is 0 Å². The highest BCUT2D eigenvalue weighted by Crippen LogP contribution is 2.20. The van der Waals surface area contributed by atoms with Crippen LogP contribution >= 0.6 is 0 Å². The number of carbonyl (C=O) groups is 1. The van der Waals surface area contributed by atoms with Crippen molar-refractivity contribution in [2.45, 2.75) is 32.1 Å². The van der Waals surface area contributed by atoms with E-state index in [1.807, 2.05) is 14.1 Å². The zero-order valence-electron chi connectivity index (χ0n) is 9.79. The van der Waals surface area contributed by atoms with Crippen LogP contribution in [0.25, 0.3) is 0 Å². The first-order chi connectivity index (χ1) is 7.18. The molecule has 0 unspecified atom stereocenters. The van der Waals surface area contributed by atoms with Gasteiger partial charge in [-0.15, -0.1) is 0 Å². The normalized spacial score (nSPS) is 18.1. The summed E-state index contributed by atoms with van der Waals surface area (Å²) in [6, 6.07) is 0. The van der Waals surface area contributed by atoms with Gasteiger partial charge in [0.1, 0.15) is 0 Å². The molecule has 1 aliphatic heterocycles. The minimum absolute atomic E-state index is 0.118. The van der Waals surface area contributed by atoms with Crippen LogP contribution in [0, 0.1) is 5.92 Å². The van der Waals surface area contributed by atoms with Gasteiger partial charge >= 0.3 is 0 Å². The Morgan fingerprint density at radius 1 is 1.40 bits per heavy atom. The fraction of sp³-hybridized carbons (Fsp3) is 0.909. The van der Waals surface area contributed by atoms with Crippen molar-refractivity contribution in [1.29, 1.82) is 0 Å². The van der Waals surface area contributed by atoms with Gasteiger partial charge in [-0.25, -0.2) is 5.01 Å². The minimum atomic E-state index is 0.118. The zero-order chi connectivity index (χ0) is 11.1. The second kappa shape index (κ2) is 6.80. The fourth-order valence-corrected chi connectivity index (χ4v) is 1.89. The Labute approximate surface area is 91.9 Å². The Kier molecular flexibility index (Phi) is 5.65. The highest BCUT2D eigenvalue weighted by molar-refractivity contribution is 5.75. The Morgan fingerprint density at radius 2 is 2.07 bits per heavy atom. The van der Waals surface area contributed by atoms with E-state index in [9.17, 15) is 4.79 Å². The Bertz CT molecular complexity index is 189. The molecule has 0 spiro atoms. The largest absolute Gasteiger partial charge is 0.381 e. The van der Waals surface area contributed by atoms with Crippen molar-refractivity contribution >= 4 is 5.91 Å². The summed E-state index contributed by atoms with van der Waals surface area (Å²) < 4.78 is 5.29. The second-order valence-corrected chi connectivity index (χ2v) is 4.38. The smallest absolute Gasteiger partial charge is 0.234 e. The van der Waals surface area contributed by atoms with Crippen molar-refractivity contribution in [3.63, 3.8) is 0 Å². The number of hydrogen-bond acceptors (Lipinski definition) is 3. The molecule has 1 N–H and O–H groups in total. The monoisotopic (exact) mass is 214 g/mol. The van der Waals surface area contributed by atoms with Crippen LogP contribution in [-0.2, 0) is 9.53 Å². The Hall–Kier alpha value is -0.610. The van der Waals surface area contributed by atoms with Gasteiger partial charge in [0.05, 0.1) is 0 Å². The number of ether oxygens (including phenoxy) is 1. The predicted molar refractivity (Wildman–Crippen MR) is 59.2 cm³/mol. The molecule has 0 radical (unpaired) electrons. The Morgan fingerprint density at radius 3 is 2.67 bits per heavy atom. The summed E-state index contributed by atoms with van der Waals surface area (Å²) in [4.78, 5) is 11.3. The SMILES string of the molecule is CN(C)NC(=O)CCCC1CCOCC1. The molecule has 0 bridgehead atoms. The average Bonchev–Trinajstić information content (AvgIpc) is 2.18. The van der Waals surface area contributed by atoms with Crippen LogP contribution in [-0.4, -0.2) is 38.2 Å². The maximum Gasteiger partial charge on any atom is 0.234 e. The Balaban J connectivity index is 2.02. The fourth-order valence-electron chi connectivity index (χ4n) is 1.89. The molecule has 1 aliphatic rings. The quantitative estimate of drug-likeness (QED) is 0.699. The molecule has 1 saturated heterocycles. The summed E-state index contributed by atoms with van der Waals surface area (Å²) in [5.41, 5.74) is 2.75. The van der Waals surface area contributed by atoms with E-state index in [0.29, 0.717) is 6.42 Å². The van der Waals surface area contributed by atoms with Crippen molar-refractivity contribution < 1.29 is 9.53 Å². The van der Waals surface area contributed by atoms with Crippen molar-refractivity contribution in [2.75, 3.05) is 27.3 Å². The third-order valence-electron chi connectivity index (χ3n) is 2.71. The van der Waals surface area contributed by atoms with Gasteiger partial charge in [0.15, 0.2) is 0 Å². The highest BCUT2D eigenvalue weighted by Gasteiger charge is 2.13.